The van der Waals surface area contributed by atoms with Gasteiger partial charge in [-0.25, -0.2) is 38.4 Å². The molecule has 118 heavy (non-hydrogen) atoms. The molecular weight excluding hydrogens is 1500 g/mol. The first-order chi connectivity index (χ1) is 57.4. The van der Waals surface area contributed by atoms with Crippen LogP contribution in [0.4, 0.5) is 11.4 Å². The maximum atomic E-state index is 13.7. The number of carbonyl (C=O) groups excluding carboxylic acids is 8. The summed E-state index contributed by atoms with van der Waals surface area (Å²) in [6.07, 6.45) is 22.9. The Labute approximate surface area is 688 Å². The molecule has 9 aromatic carbocycles. The predicted molar refractivity (Wildman–Crippen MR) is 452 cm³/mol. The standard InChI is InChI=1S/C96H100N2O20/c1-5-9-13-57-107-77-45-29-71(30-46-77)93(103)115-81-37-17-67(18-38-81)25-53-89(99)111-63-75(64-112-90(100)54-26-68-19-39-82(40-20-68)116-94(104)72-31-47-78(48-32-72)108-58-14-10-6-2)85-61-86(88(98)62-87(85)97)76(65-113-91(101)55-27-69-21-41-83(42-22-69)117-95(105)73-33-49-79(50-34-73)109-59-15-11-7-3)66-114-92(102)56-28-70-23-43-84(44-24-70)118-96(106)74-35-51-80(52-36-74)110-60-16-12-8-4/h17-56,61-62,75-76H,5-16,57-60,63-66,97-98H2,1-4H3/b53-25+,54-26+,55-27+,56-28+. The molecule has 614 valence electrons. The molecule has 9 rings (SSSR count). The normalized spacial score (nSPS) is 11.2. The third kappa shape index (κ3) is 30.4. The van der Waals surface area contributed by atoms with Gasteiger partial charge in [-0.3, -0.25) is 0 Å². The first kappa shape index (κ1) is 88.4. The van der Waals surface area contributed by atoms with Crippen molar-refractivity contribution < 1.29 is 95.2 Å². The second kappa shape index (κ2) is 48.0. The number of ether oxygens (including phenoxy) is 12. The number of carbonyl (C=O) groups is 8. The molecule has 0 aliphatic carbocycles. The van der Waals surface area contributed by atoms with Gasteiger partial charge in [0.05, 0.1) is 60.5 Å². The van der Waals surface area contributed by atoms with E-state index in [-0.39, 0.29) is 45.5 Å². The molecule has 22 nitrogen and oxygen atoms in total. The van der Waals surface area contributed by atoms with Crippen LogP contribution in [0, 0.1) is 0 Å². The second-order valence-electron chi connectivity index (χ2n) is 27.5. The average molecular weight is 1600 g/mol. The molecule has 4 N–H and O–H groups in total. The van der Waals surface area contributed by atoms with E-state index in [0.29, 0.717) is 93.9 Å². The Kier molecular flexibility index (Phi) is 36.0. The number of nitrogen functional groups attached to an aromatic ring is 2. The molecule has 0 unspecified atom stereocenters. The van der Waals surface area contributed by atoms with Crippen LogP contribution in [0.25, 0.3) is 24.3 Å². The smallest absolute Gasteiger partial charge is 0.343 e. The van der Waals surface area contributed by atoms with Crippen LogP contribution in [0.5, 0.6) is 46.0 Å². The number of nitrogens with two attached hydrogens (primary N) is 2. The van der Waals surface area contributed by atoms with E-state index in [0.717, 1.165) is 77.0 Å². The lowest BCUT2D eigenvalue weighted by Crippen LogP contribution is -2.22. The lowest BCUT2D eigenvalue weighted by Gasteiger charge is -2.24. The highest BCUT2D eigenvalue weighted by molar-refractivity contribution is 5.94. The van der Waals surface area contributed by atoms with Gasteiger partial charge in [-0.1, -0.05) is 134 Å². The van der Waals surface area contributed by atoms with Gasteiger partial charge >= 0.3 is 47.8 Å². The zero-order valence-electron chi connectivity index (χ0n) is 66.9. The fourth-order valence-electron chi connectivity index (χ4n) is 11.6. The fraction of sp³-hybridized carbons (Fsp3) is 0.271. The van der Waals surface area contributed by atoms with E-state index in [4.69, 9.17) is 68.3 Å². The third-order valence-corrected chi connectivity index (χ3v) is 18.3. The molecule has 0 aliphatic rings. The summed E-state index contributed by atoms with van der Waals surface area (Å²) in [7, 11) is 0. The van der Waals surface area contributed by atoms with Gasteiger partial charge in [-0.05, 0) is 235 Å². The number of hydrogen-bond donors (Lipinski definition) is 2. The fourth-order valence-corrected chi connectivity index (χ4v) is 11.6. The Morgan fingerprint density at radius 1 is 0.271 bits per heavy atom. The van der Waals surface area contributed by atoms with Crippen molar-refractivity contribution in [2.45, 2.75) is 117 Å². The first-order valence-electron chi connectivity index (χ1n) is 39.7. The van der Waals surface area contributed by atoms with E-state index in [1.165, 1.54) is 54.7 Å². The van der Waals surface area contributed by atoms with Crippen LogP contribution in [-0.2, 0) is 38.1 Å². The highest BCUT2D eigenvalue weighted by Crippen LogP contribution is 2.34. The summed E-state index contributed by atoms with van der Waals surface area (Å²) in [6, 6.07) is 55.4. The summed E-state index contributed by atoms with van der Waals surface area (Å²) in [5.41, 5.74) is 17.8. The largest absolute Gasteiger partial charge is 0.494 e. The van der Waals surface area contributed by atoms with Gasteiger partial charge in [0, 0.05) is 35.7 Å². The van der Waals surface area contributed by atoms with E-state index in [9.17, 15) is 38.4 Å². The molecular formula is C96H100N2O20. The Morgan fingerprint density at radius 2 is 0.475 bits per heavy atom. The summed E-state index contributed by atoms with van der Waals surface area (Å²) in [5.74, 6) is -3.88. The summed E-state index contributed by atoms with van der Waals surface area (Å²) in [5, 5.41) is 0. The molecule has 0 aromatic heterocycles. The molecule has 0 amide bonds. The quantitative estimate of drug-likeness (QED) is 0.00894. The molecule has 0 bridgehead atoms. The Bertz CT molecular complexity index is 4260. The molecule has 0 fully saturated rings. The zero-order chi connectivity index (χ0) is 83.6. The molecule has 0 radical (unpaired) electrons. The Balaban J connectivity index is 0.905. The molecule has 0 atom stereocenters. The minimum atomic E-state index is -0.999. The van der Waals surface area contributed by atoms with E-state index in [2.05, 4.69) is 27.7 Å². The summed E-state index contributed by atoms with van der Waals surface area (Å²) in [6.45, 7) is 9.07. The van der Waals surface area contributed by atoms with Crippen LogP contribution in [-0.4, -0.2) is 101 Å². The van der Waals surface area contributed by atoms with Gasteiger partial charge < -0.3 is 68.3 Å². The topological polar surface area (TPSA) is 299 Å². The van der Waals surface area contributed by atoms with Crippen molar-refractivity contribution >= 4 is 83.4 Å². The maximum absolute atomic E-state index is 13.7. The molecule has 9 aromatic rings. The van der Waals surface area contributed by atoms with Gasteiger partial charge in [0.15, 0.2) is 0 Å². The van der Waals surface area contributed by atoms with Crippen molar-refractivity contribution in [3.63, 3.8) is 0 Å². The lowest BCUT2D eigenvalue weighted by molar-refractivity contribution is -0.142. The van der Waals surface area contributed by atoms with Gasteiger partial charge in [0.25, 0.3) is 0 Å². The van der Waals surface area contributed by atoms with Crippen molar-refractivity contribution in [1.82, 2.24) is 0 Å². The summed E-state index contributed by atoms with van der Waals surface area (Å²) in [4.78, 5) is 107. The average Bonchev–Trinajstić information content (AvgIpc) is 0.803. The van der Waals surface area contributed by atoms with Gasteiger partial charge in [-0.2, -0.15) is 0 Å². The molecule has 0 heterocycles. The molecule has 22 heteroatoms. The Hall–Kier alpha value is -13.5. The maximum Gasteiger partial charge on any atom is 0.343 e. The molecule has 0 saturated heterocycles. The highest BCUT2D eigenvalue weighted by Gasteiger charge is 2.26. The van der Waals surface area contributed by atoms with Gasteiger partial charge in [-0.15, -0.1) is 0 Å². The number of rotatable bonds is 46. The van der Waals surface area contributed by atoms with Crippen LogP contribution < -0.4 is 49.4 Å². The highest BCUT2D eigenvalue weighted by atomic mass is 16.6. The molecule has 0 aliphatic heterocycles. The Morgan fingerprint density at radius 3 is 0.678 bits per heavy atom. The monoisotopic (exact) mass is 1600 g/mol. The minimum absolute atomic E-state index is 0.0911. The number of hydrogen-bond acceptors (Lipinski definition) is 22. The van der Waals surface area contributed by atoms with Crippen molar-refractivity contribution in [2.75, 3.05) is 64.3 Å². The number of unbranched alkanes of at least 4 members (excludes halogenated alkanes) is 8. The molecule has 0 saturated carbocycles. The van der Waals surface area contributed by atoms with Crippen molar-refractivity contribution in [3.8, 4) is 46.0 Å². The first-order valence-corrected chi connectivity index (χ1v) is 39.7. The van der Waals surface area contributed by atoms with Crippen LogP contribution in [0.2, 0.25) is 0 Å². The predicted octanol–water partition coefficient (Wildman–Crippen LogP) is 19.2. The van der Waals surface area contributed by atoms with E-state index in [1.54, 1.807) is 200 Å². The van der Waals surface area contributed by atoms with Crippen molar-refractivity contribution in [2.24, 2.45) is 0 Å². The number of anilines is 2. The summed E-state index contributed by atoms with van der Waals surface area (Å²) < 4.78 is 68.9. The van der Waals surface area contributed by atoms with E-state index < -0.39 is 86.0 Å². The van der Waals surface area contributed by atoms with Crippen molar-refractivity contribution in [1.29, 1.82) is 0 Å². The van der Waals surface area contributed by atoms with E-state index in [1.807, 2.05) is 0 Å². The van der Waals surface area contributed by atoms with Crippen LogP contribution >= 0.6 is 0 Å². The third-order valence-electron chi connectivity index (χ3n) is 18.3. The minimum Gasteiger partial charge on any atom is -0.494 e. The lowest BCUT2D eigenvalue weighted by atomic mass is 9.90. The van der Waals surface area contributed by atoms with Crippen molar-refractivity contribution in [3.05, 3.63) is 286 Å². The summed E-state index contributed by atoms with van der Waals surface area (Å²) >= 11 is 0. The molecule has 0 spiro atoms. The van der Waals surface area contributed by atoms with Gasteiger partial charge in [0.1, 0.15) is 72.4 Å². The van der Waals surface area contributed by atoms with E-state index >= 15 is 0 Å². The number of benzene rings is 9. The zero-order valence-corrected chi connectivity index (χ0v) is 66.9. The van der Waals surface area contributed by atoms with Gasteiger partial charge in [0.2, 0.25) is 0 Å². The number of esters is 8. The van der Waals surface area contributed by atoms with Crippen LogP contribution in [0.15, 0.2) is 231 Å². The van der Waals surface area contributed by atoms with Crippen LogP contribution in [0.1, 0.15) is 191 Å². The SMILES string of the molecule is CCCCCOc1ccc(C(=O)Oc2ccc(/C=C/C(=O)OCC(COC(=O)/C=C/c3ccc(OC(=O)c4ccc(OCCCCC)cc4)cc3)c3cc(C(COC(=O)/C=C/c4ccc(OC(=O)c5ccc(OCCCCC)cc5)cc4)COC(=O)/C=C/c4ccc(OC(=O)c5ccc(OCCCCC)cc5)cc4)c(N)cc3N)cc2)cc1. The van der Waals surface area contributed by atoms with Crippen LogP contribution in [0.3, 0.4) is 0 Å². The second-order valence-corrected chi connectivity index (χ2v) is 27.5.